The first-order chi connectivity index (χ1) is 19.7. The van der Waals surface area contributed by atoms with Crippen LogP contribution >= 0.6 is 39.0 Å². The Morgan fingerprint density at radius 3 is 2.42 bits per heavy atom. The quantitative estimate of drug-likeness (QED) is 0.195. The molecule has 1 aromatic heterocycles. The molecule has 0 amide bonds. The summed E-state index contributed by atoms with van der Waals surface area (Å²) >= 11 is 7.63. The number of hydrogen-bond acceptors (Lipinski definition) is 3. The van der Waals surface area contributed by atoms with Crippen molar-refractivity contribution in [3.8, 4) is 22.3 Å². The number of aryl methyl sites for hydroxylation is 1. The second-order valence-corrected chi connectivity index (χ2v) is 13.3. The third kappa shape index (κ3) is 4.05. The summed E-state index contributed by atoms with van der Waals surface area (Å²) in [6.07, 6.45) is 6.88. The van der Waals surface area contributed by atoms with Crippen molar-refractivity contribution in [2.45, 2.75) is 22.6 Å². The Balaban J connectivity index is 1.25. The van der Waals surface area contributed by atoms with Gasteiger partial charge in [-0.1, -0.05) is 88.4 Å². The van der Waals surface area contributed by atoms with E-state index in [2.05, 4.69) is 142 Å². The highest BCUT2D eigenvalue weighted by atomic mass is 79.9. The van der Waals surface area contributed by atoms with E-state index in [9.17, 15) is 0 Å². The molecule has 8 rings (SSSR count). The molecule has 4 heteroatoms. The minimum absolute atomic E-state index is 1.10. The van der Waals surface area contributed by atoms with E-state index in [4.69, 9.17) is 0 Å². The number of halogens is 1. The Kier molecular flexibility index (Phi) is 5.95. The van der Waals surface area contributed by atoms with Gasteiger partial charge in [-0.2, -0.15) is 0 Å². The highest BCUT2D eigenvalue weighted by Gasteiger charge is 2.25. The molecule has 0 N–H and O–H groups in total. The van der Waals surface area contributed by atoms with Gasteiger partial charge in [-0.25, -0.2) is 0 Å². The number of fused-ring (bicyclic) bond motifs is 5. The van der Waals surface area contributed by atoms with Gasteiger partial charge in [0, 0.05) is 29.5 Å². The highest BCUT2D eigenvalue weighted by Crippen LogP contribution is 2.52. The number of allylic oxidation sites excluding steroid dienone is 1. The van der Waals surface area contributed by atoms with E-state index in [0.29, 0.717) is 0 Å². The van der Waals surface area contributed by atoms with E-state index in [1.165, 1.54) is 69.6 Å². The lowest BCUT2D eigenvalue weighted by Crippen LogP contribution is -2.14. The Morgan fingerprint density at radius 1 is 0.675 bits per heavy atom. The number of rotatable bonds is 3. The Bertz CT molecular complexity index is 1950. The van der Waals surface area contributed by atoms with Crippen LogP contribution in [0.5, 0.6) is 0 Å². The molecule has 0 radical (unpaired) electrons. The Morgan fingerprint density at radius 2 is 1.50 bits per heavy atom. The molecule has 1 nitrogen and oxygen atoms in total. The molecule has 0 fully saturated rings. The second kappa shape index (κ2) is 9.81. The van der Waals surface area contributed by atoms with Gasteiger partial charge in [-0.3, -0.25) is 0 Å². The topological polar surface area (TPSA) is 3.24 Å². The minimum Gasteiger partial charge on any atom is -0.308 e. The average molecular weight is 615 g/mol. The van der Waals surface area contributed by atoms with Gasteiger partial charge in [-0.05, 0) is 107 Å². The molecule has 1 aliphatic carbocycles. The maximum atomic E-state index is 3.84. The smallest absolute Gasteiger partial charge is 0.0602 e. The third-order valence-corrected chi connectivity index (χ3v) is 10.6. The summed E-state index contributed by atoms with van der Waals surface area (Å²) in [5, 5.41) is 1.41. The predicted octanol–water partition coefficient (Wildman–Crippen LogP) is 11.9. The van der Waals surface area contributed by atoms with Crippen LogP contribution in [0.3, 0.4) is 0 Å². The van der Waals surface area contributed by atoms with Crippen LogP contribution in [0.25, 0.3) is 38.4 Å². The fourth-order valence-corrected chi connectivity index (χ4v) is 8.84. The zero-order valence-corrected chi connectivity index (χ0v) is 24.8. The van der Waals surface area contributed by atoms with Gasteiger partial charge in [-0.15, -0.1) is 11.3 Å². The van der Waals surface area contributed by atoms with Gasteiger partial charge >= 0.3 is 0 Å². The normalized spacial score (nSPS) is 13.7. The molecule has 1 aliphatic heterocycles. The summed E-state index contributed by atoms with van der Waals surface area (Å²) in [7, 11) is 0. The van der Waals surface area contributed by atoms with Crippen molar-refractivity contribution in [2.24, 2.45) is 0 Å². The van der Waals surface area contributed by atoms with E-state index in [0.717, 1.165) is 17.3 Å². The van der Waals surface area contributed by atoms with Gasteiger partial charge in [0.15, 0.2) is 0 Å². The van der Waals surface area contributed by atoms with Gasteiger partial charge in [0.05, 0.1) is 11.4 Å². The van der Waals surface area contributed by atoms with Crippen LogP contribution in [0.4, 0.5) is 17.1 Å². The van der Waals surface area contributed by atoms with Crippen molar-refractivity contribution in [1.82, 2.24) is 0 Å². The fourth-order valence-electron chi connectivity index (χ4n) is 5.93. The zero-order valence-electron chi connectivity index (χ0n) is 21.6. The van der Waals surface area contributed by atoms with Crippen molar-refractivity contribution >= 4 is 72.3 Å². The van der Waals surface area contributed by atoms with Crippen LogP contribution in [0.15, 0.2) is 130 Å². The lowest BCUT2D eigenvalue weighted by Gasteiger charge is -2.33. The summed E-state index contributed by atoms with van der Waals surface area (Å²) in [6, 6.07) is 39.9. The van der Waals surface area contributed by atoms with Gasteiger partial charge < -0.3 is 4.90 Å². The first-order valence-corrected chi connectivity index (χ1v) is 15.9. The third-order valence-electron chi connectivity index (χ3n) is 7.76. The maximum absolute atomic E-state index is 3.84. The molecule has 2 heterocycles. The fraction of sp³-hybridized carbons (Fsp3) is 0.0556. The van der Waals surface area contributed by atoms with Crippen molar-refractivity contribution < 1.29 is 0 Å². The molecule has 40 heavy (non-hydrogen) atoms. The molecule has 192 valence electrons. The summed E-state index contributed by atoms with van der Waals surface area (Å²) in [6.45, 7) is 0. The standard InChI is InChI=1S/C36H24BrNS2/c37-26-20-24(19-25(21-26)28-12-8-13-30-29-11-4-6-15-33(29)40-36(28)30)23-17-18-32-35(22-23)39-34-16-7-5-14-31(34)38(32)27-9-2-1-3-10-27/h1-3,5-10,12-22H,4,11H2. The molecular formula is C36H24BrNS2. The van der Waals surface area contributed by atoms with Gasteiger partial charge in [0.2, 0.25) is 0 Å². The maximum Gasteiger partial charge on any atom is 0.0602 e. The lowest BCUT2D eigenvalue weighted by molar-refractivity contribution is 1.01. The van der Waals surface area contributed by atoms with Crippen LogP contribution in [0.1, 0.15) is 16.9 Å². The van der Waals surface area contributed by atoms with E-state index >= 15 is 0 Å². The Labute approximate surface area is 250 Å². The number of para-hydroxylation sites is 2. The zero-order chi connectivity index (χ0) is 26.6. The van der Waals surface area contributed by atoms with Crippen molar-refractivity contribution in [2.75, 3.05) is 4.90 Å². The number of thiophene rings is 1. The summed E-state index contributed by atoms with van der Waals surface area (Å²) in [5.74, 6) is 0. The molecule has 6 aromatic rings. The van der Waals surface area contributed by atoms with Crippen LogP contribution in [0, 0.1) is 0 Å². The van der Waals surface area contributed by atoms with E-state index in [-0.39, 0.29) is 0 Å². The first-order valence-electron chi connectivity index (χ1n) is 13.5. The van der Waals surface area contributed by atoms with E-state index in [1.807, 2.05) is 23.1 Å². The molecule has 0 saturated carbocycles. The molecule has 2 aliphatic rings. The highest BCUT2D eigenvalue weighted by molar-refractivity contribution is 9.10. The van der Waals surface area contributed by atoms with Crippen molar-refractivity contribution in [3.63, 3.8) is 0 Å². The molecular weight excluding hydrogens is 590 g/mol. The summed E-state index contributed by atoms with van der Waals surface area (Å²) in [4.78, 5) is 6.33. The first kappa shape index (κ1) is 24.2. The summed E-state index contributed by atoms with van der Waals surface area (Å²) in [5.41, 5.74) is 10.1. The summed E-state index contributed by atoms with van der Waals surface area (Å²) < 4.78 is 2.49. The number of nitrogens with zero attached hydrogens (tertiary/aromatic N) is 1. The molecule has 0 spiro atoms. The largest absolute Gasteiger partial charge is 0.308 e. The second-order valence-electron chi connectivity index (χ2n) is 10.2. The molecule has 0 saturated heterocycles. The average Bonchev–Trinajstić information content (AvgIpc) is 3.38. The molecule has 0 atom stereocenters. The van der Waals surface area contributed by atoms with Crippen LogP contribution in [-0.4, -0.2) is 0 Å². The van der Waals surface area contributed by atoms with Crippen molar-refractivity contribution in [3.05, 3.63) is 130 Å². The predicted molar refractivity (Wildman–Crippen MR) is 177 cm³/mol. The Hall–Kier alpha value is -3.57. The number of benzene rings is 5. The van der Waals surface area contributed by atoms with Crippen molar-refractivity contribution in [1.29, 1.82) is 0 Å². The monoisotopic (exact) mass is 613 g/mol. The van der Waals surface area contributed by atoms with Gasteiger partial charge in [0.25, 0.3) is 0 Å². The number of hydrogen-bond donors (Lipinski definition) is 0. The number of anilines is 3. The van der Waals surface area contributed by atoms with Gasteiger partial charge in [0.1, 0.15) is 0 Å². The SMILES string of the molecule is Brc1cc(-c2ccc3c(c2)Sc2ccccc2N3c2ccccc2)cc(-c2cccc3c4c(sc23)C=CCC4)c1. The van der Waals surface area contributed by atoms with E-state index in [1.54, 1.807) is 0 Å². The molecule has 0 unspecified atom stereocenters. The van der Waals surface area contributed by atoms with E-state index < -0.39 is 0 Å². The van der Waals surface area contributed by atoms with Crippen LogP contribution in [-0.2, 0) is 6.42 Å². The lowest BCUT2D eigenvalue weighted by atomic mass is 9.96. The van der Waals surface area contributed by atoms with Crippen LogP contribution in [0.2, 0.25) is 0 Å². The molecule has 0 bridgehead atoms. The minimum atomic E-state index is 1.10. The van der Waals surface area contributed by atoms with Crippen LogP contribution < -0.4 is 4.90 Å². The molecule has 5 aromatic carbocycles.